The molecule has 4 N–H and O–H groups in total. The van der Waals surface area contributed by atoms with Gasteiger partial charge < -0.3 is 20.7 Å². The van der Waals surface area contributed by atoms with Crippen molar-refractivity contribution in [1.29, 1.82) is 0 Å². The van der Waals surface area contributed by atoms with Crippen LogP contribution in [-0.4, -0.2) is 54.7 Å². The van der Waals surface area contributed by atoms with Crippen molar-refractivity contribution in [1.82, 2.24) is 19.5 Å². The zero-order valence-corrected chi connectivity index (χ0v) is 14.6. The van der Waals surface area contributed by atoms with Gasteiger partial charge in [0.1, 0.15) is 30.2 Å². The summed E-state index contributed by atoms with van der Waals surface area (Å²) in [5.41, 5.74) is 6.30. The van der Waals surface area contributed by atoms with Gasteiger partial charge >= 0.3 is 7.82 Å². The number of hydrogen-bond donors (Lipinski definition) is 3. The molecule has 1 aliphatic heterocycles. The van der Waals surface area contributed by atoms with E-state index in [9.17, 15) is 14.8 Å². The van der Waals surface area contributed by atoms with Crippen molar-refractivity contribution in [3.8, 4) is 0 Å². The van der Waals surface area contributed by atoms with E-state index < -0.39 is 39.0 Å². The number of fused-ring (bicyclic) bond motifs is 1. The van der Waals surface area contributed by atoms with Crippen molar-refractivity contribution in [2.45, 2.75) is 24.5 Å². The summed E-state index contributed by atoms with van der Waals surface area (Å²) in [7, 11) is -4.20. The Hall–Kier alpha value is -1.08. The molecule has 4 atom stereocenters. The molecular formula is C10H12Cl2N5O7P. The van der Waals surface area contributed by atoms with Gasteiger partial charge in [-0.1, -0.05) is 0 Å². The van der Waals surface area contributed by atoms with Crippen LogP contribution >= 0.6 is 31.6 Å². The molecule has 138 valence electrons. The number of nitrogens with two attached hydrogens (primary N) is 1. The predicted octanol–water partition coefficient (Wildman–Crippen LogP) is 0.493. The molecule has 2 aromatic rings. The van der Waals surface area contributed by atoms with Crippen molar-refractivity contribution in [2.75, 3.05) is 12.3 Å². The van der Waals surface area contributed by atoms with E-state index in [-0.39, 0.29) is 5.82 Å². The van der Waals surface area contributed by atoms with Crippen LogP contribution in [0.2, 0.25) is 0 Å². The summed E-state index contributed by atoms with van der Waals surface area (Å²) < 4.78 is 31.3. The predicted molar refractivity (Wildman–Crippen MR) is 83.1 cm³/mol. The SMILES string of the molecule is Nc1ncnc2c1ncn2[C@@H]1O[C@H](COP(=O)(OCl)OCl)[C@@H](O)[C@H]1O. The van der Waals surface area contributed by atoms with Gasteiger partial charge in [0.25, 0.3) is 0 Å². The van der Waals surface area contributed by atoms with Crippen LogP contribution in [0.1, 0.15) is 6.23 Å². The molecule has 3 heterocycles. The third kappa shape index (κ3) is 3.45. The molecule has 0 aliphatic carbocycles. The van der Waals surface area contributed by atoms with E-state index in [0.29, 0.717) is 11.2 Å². The van der Waals surface area contributed by atoms with Gasteiger partial charge in [0.15, 0.2) is 17.7 Å². The number of aliphatic hydroxyl groups is 2. The number of phosphoric acid groups is 1. The first-order valence-corrected chi connectivity index (χ1v) is 8.78. The maximum Gasteiger partial charge on any atom is 0.507 e. The molecule has 15 heteroatoms. The number of rotatable bonds is 6. The van der Waals surface area contributed by atoms with Gasteiger partial charge in [0.05, 0.1) is 36.7 Å². The van der Waals surface area contributed by atoms with Crippen LogP contribution in [0, 0.1) is 0 Å². The van der Waals surface area contributed by atoms with Gasteiger partial charge in [-0.15, -0.1) is 0 Å². The van der Waals surface area contributed by atoms with Crippen LogP contribution < -0.4 is 5.73 Å². The Morgan fingerprint density at radius 2 is 2.00 bits per heavy atom. The molecule has 0 amide bonds. The van der Waals surface area contributed by atoms with Crippen molar-refractivity contribution in [3.63, 3.8) is 0 Å². The van der Waals surface area contributed by atoms with E-state index in [1.54, 1.807) is 0 Å². The Bertz CT molecular complexity index is 801. The van der Waals surface area contributed by atoms with E-state index in [0.717, 1.165) is 0 Å². The number of anilines is 1. The second-order valence-corrected chi connectivity index (χ2v) is 7.27. The highest BCUT2D eigenvalue weighted by Gasteiger charge is 2.45. The number of aromatic nitrogens is 4. The second kappa shape index (κ2) is 7.27. The fourth-order valence-corrected chi connectivity index (χ4v) is 3.29. The maximum absolute atomic E-state index is 11.6. The molecular weight excluding hydrogens is 404 g/mol. The van der Waals surface area contributed by atoms with E-state index >= 15 is 0 Å². The summed E-state index contributed by atoms with van der Waals surface area (Å²) in [6, 6.07) is 0. The lowest BCUT2D eigenvalue weighted by Gasteiger charge is -2.17. The number of imidazole rings is 1. The van der Waals surface area contributed by atoms with E-state index in [2.05, 4.69) is 23.1 Å². The van der Waals surface area contributed by atoms with Crippen LogP contribution in [-0.2, 0) is 22.0 Å². The molecule has 0 aromatic carbocycles. The monoisotopic (exact) mass is 415 g/mol. The summed E-state index contributed by atoms with van der Waals surface area (Å²) in [5.74, 6) is 0.149. The number of ether oxygens (including phenoxy) is 1. The van der Waals surface area contributed by atoms with Crippen LogP contribution in [0.4, 0.5) is 5.82 Å². The molecule has 3 rings (SSSR count). The lowest BCUT2D eigenvalue weighted by Crippen LogP contribution is -2.33. The maximum atomic E-state index is 11.6. The molecule has 1 fully saturated rings. The Morgan fingerprint density at radius 3 is 2.68 bits per heavy atom. The molecule has 0 bridgehead atoms. The molecule has 12 nitrogen and oxygen atoms in total. The number of halogens is 2. The summed E-state index contributed by atoms with van der Waals surface area (Å²) in [6.45, 7) is -0.491. The topological polar surface area (TPSA) is 164 Å². The molecule has 0 spiro atoms. The molecule has 25 heavy (non-hydrogen) atoms. The number of aliphatic hydroxyl groups excluding tert-OH is 2. The van der Waals surface area contributed by atoms with E-state index in [4.69, 9.17) is 38.7 Å². The van der Waals surface area contributed by atoms with Crippen molar-refractivity contribution in [3.05, 3.63) is 12.7 Å². The zero-order valence-electron chi connectivity index (χ0n) is 12.2. The number of nitrogen functional groups attached to an aromatic ring is 1. The average molecular weight is 416 g/mol. The normalized spacial score (nSPS) is 27.2. The second-order valence-electron chi connectivity index (χ2n) is 5.01. The van der Waals surface area contributed by atoms with Gasteiger partial charge in [-0.3, -0.25) is 9.09 Å². The van der Waals surface area contributed by atoms with Crippen molar-refractivity contribution in [2.24, 2.45) is 0 Å². The molecule has 0 saturated carbocycles. The Labute approximate surface area is 150 Å². The summed E-state index contributed by atoms with van der Waals surface area (Å²) in [4.78, 5) is 11.9. The van der Waals surface area contributed by atoms with Gasteiger partial charge in [-0.05, 0) is 0 Å². The molecule has 1 saturated heterocycles. The minimum Gasteiger partial charge on any atom is -0.387 e. The van der Waals surface area contributed by atoms with Crippen molar-refractivity contribution < 1.29 is 32.2 Å². The minimum absolute atomic E-state index is 0.149. The largest absolute Gasteiger partial charge is 0.507 e. The average Bonchev–Trinajstić information content (AvgIpc) is 3.16. The number of nitrogens with zero attached hydrogens (tertiary/aromatic N) is 4. The smallest absolute Gasteiger partial charge is 0.387 e. The lowest BCUT2D eigenvalue weighted by atomic mass is 10.1. The zero-order chi connectivity index (χ0) is 18.2. The minimum atomic E-state index is -4.20. The Kier molecular flexibility index (Phi) is 5.44. The Balaban J connectivity index is 1.80. The third-order valence-electron chi connectivity index (χ3n) is 3.56. The molecule has 2 aromatic heterocycles. The number of hydrogen-bond acceptors (Lipinski definition) is 11. The fraction of sp³-hybridized carbons (Fsp3) is 0.500. The lowest BCUT2D eigenvalue weighted by molar-refractivity contribution is -0.0497. The summed E-state index contributed by atoms with van der Waals surface area (Å²) in [5, 5.41) is 20.3. The van der Waals surface area contributed by atoms with Gasteiger partial charge in [-0.25, -0.2) is 19.5 Å². The third-order valence-corrected chi connectivity index (χ3v) is 5.38. The first kappa shape index (κ1) is 18.7. The van der Waals surface area contributed by atoms with E-state index in [1.807, 2.05) is 0 Å². The van der Waals surface area contributed by atoms with Crippen LogP contribution in [0.5, 0.6) is 0 Å². The quantitative estimate of drug-likeness (QED) is 0.562. The van der Waals surface area contributed by atoms with Crippen LogP contribution in [0.15, 0.2) is 12.7 Å². The van der Waals surface area contributed by atoms with Crippen LogP contribution in [0.25, 0.3) is 11.2 Å². The first-order chi connectivity index (χ1) is 11.9. The highest BCUT2D eigenvalue weighted by molar-refractivity contribution is 7.50. The highest BCUT2D eigenvalue weighted by Crippen LogP contribution is 2.52. The van der Waals surface area contributed by atoms with Crippen LogP contribution in [0.3, 0.4) is 0 Å². The molecule has 0 unspecified atom stereocenters. The fourth-order valence-electron chi connectivity index (χ4n) is 2.37. The van der Waals surface area contributed by atoms with Gasteiger partial charge in [-0.2, -0.15) is 8.15 Å². The van der Waals surface area contributed by atoms with Crippen molar-refractivity contribution >= 4 is 48.5 Å². The summed E-state index contributed by atoms with van der Waals surface area (Å²) >= 11 is 9.92. The molecule has 0 radical (unpaired) electrons. The standard InChI is InChI=1S/C10H12Cl2N5O7P/c11-23-25(20,24-12)21-1-4-6(18)7(19)10(22-4)17-3-16-5-8(13)14-2-15-9(5)17/h2-4,6-7,10,18-19H,1H2,(H2,13,14,15)/t4-,6-,7-,10-/m1/s1. The van der Waals surface area contributed by atoms with E-state index in [1.165, 1.54) is 17.2 Å². The molecule has 1 aliphatic rings. The summed E-state index contributed by atoms with van der Waals surface area (Å²) in [6.07, 6.45) is -2.36. The Morgan fingerprint density at radius 1 is 1.28 bits per heavy atom. The van der Waals surface area contributed by atoms with Gasteiger partial charge in [0.2, 0.25) is 0 Å². The first-order valence-electron chi connectivity index (χ1n) is 6.70. The highest BCUT2D eigenvalue weighted by atomic mass is 35.5. The van der Waals surface area contributed by atoms with Gasteiger partial charge in [0, 0.05) is 0 Å².